The number of carbonyl (C=O) groups is 2. The van der Waals surface area contributed by atoms with Crippen molar-refractivity contribution in [1.82, 2.24) is 14.8 Å². The molecule has 4 rings (SSSR count). The van der Waals surface area contributed by atoms with Crippen LogP contribution in [0, 0.1) is 11.8 Å². The lowest BCUT2D eigenvalue weighted by molar-refractivity contribution is -0.122. The number of hydrogen-bond acceptors (Lipinski definition) is 4. The quantitative estimate of drug-likeness (QED) is 0.803. The zero-order chi connectivity index (χ0) is 16.7. The Morgan fingerprint density at radius 3 is 2.42 bits per heavy atom. The molecule has 2 amide bonds. The highest BCUT2D eigenvalue weighted by molar-refractivity contribution is 6.31. The lowest BCUT2D eigenvalue weighted by atomic mass is 9.81. The van der Waals surface area contributed by atoms with E-state index in [-0.39, 0.29) is 29.6 Å². The lowest BCUT2D eigenvalue weighted by Crippen LogP contribution is -2.32. The molecule has 2 aliphatic rings. The molecule has 2 heterocycles. The summed E-state index contributed by atoms with van der Waals surface area (Å²) in [7, 11) is 0. The second-order valence-corrected chi connectivity index (χ2v) is 6.75. The SMILES string of the molecule is O=C1C2CCCCC2C(=O)N1c1ncn(Cc2ccccc2Cl)n1. The van der Waals surface area contributed by atoms with Gasteiger partial charge in [-0.05, 0) is 24.5 Å². The summed E-state index contributed by atoms with van der Waals surface area (Å²) in [5.74, 6) is -0.518. The van der Waals surface area contributed by atoms with E-state index < -0.39 is 0 Å². The summed E-state index contributed by atoms with van der Waals surface area (Å²) >= 11 is 6.16. The second-order valence-electron chi connectivity index (χ2n) is 6.34. The summed E-state index contributed by atoms with van der Waals surface area (Å²) in [5.41, 5.74) is 0.906. The van der Waals surface area contributed by atoms with E-state index in [9.17, 15) is 9.59 Å². The monoisotopic (exact) mass is 344 g/mol. The molecule has 0 radical (unpaired) electrons. The molecule has 2 fully saturated rings. The molecule has 1 saturated carbocycles. The van der Waals surface area contributed by atoms with Crippen LogP contribution in [0.1, 0.15) is 31.2 Å². The predicted molar refractivity (Wildman–Crippen MR) is 88.5 cm³/mol. The Hall–Kier alpha value is -2.21. The number of halogens is 1. The third-order valence-corrected chi connectivity index (χ3v) is 5.22. The first-order valence-corrected chi connectivity index (χ1v) is 8.53. The number of amides is 2. The molecule has 1 aliphatic heterocycles. The highest BCUT2D eigenvalue weighted by Crippen LogP contribution is 2.39. The van der Waals surface area contributed by atoms with Crippen molar-refractivity contribution in [1.29, 1.82) is 0 Å². The molecular weight excluding hydrogens is 328 g/mol. The number of carbonyl (C=O) groups excluding carboxylic acids is 2. The van der Waals surface area contributed by atoms with Crippen LogP contribution in [0.5, 0.6) is 0 Å². The molecule has 1 aliphatic carbocycles. The van der Waals surface area contributed by atoms with Crippen molar-refractivity contribution in [2.75, 3.05) is 4.90 Å². The van der Waals surface area contributed by atoms with Gasteiger partial charge in [-0.25, -0.2) is 9.58 Å². The van der Waals surface area contributed by atoms with Crippen molar-refractivity contribution in [3.05, 3.63) is 41.2 Å². The zero-order valence-electron chi connectivity index (χ0n) is 13.1. The summed E-state index contributed by atoms with van der Waals surface area (Å²) in [6, 6.07) is 7.48. The minimum absolute atomic E-state index is 0.153. The summed E-state index contributed by atoms with van der Waals surface area (Å²) in [6.45, 7) is 0.440. The van der Waals surface area contributed by atoms with E-state index in [1.54, 1.807) is 4.68 Å². The highest BCUT2D eigenvalue weighted by Gasteiger charge is 2.50. The summed E-state index contributed by atoms with van der Waals surface area (Å²) in [5, 5.41) is 4.97. The van der Waals surface area contributed by atoms with Crippen molar-refractivity contribution in [2.24, 2.45) is 11.8 Å². The first-order valence-electron chi connectivity index (χ1n) is 8.16. The topological polar surface area (TPSA) is 68.1 Å². The van der Waals surface area contributed by atoms with Crippen molar-refractivity contribution in [2.45, 2.75) is 32.2 Å². The van der Waals surface area contributed by atoms with Crippen LogP contribution in [0.25, 0.3) is 0 Å². The van der Waals surface area contributed by atoms with Crippen LogP contribution in [0.2, 0.25) is 5.02 Å². The van der Waals surface area contributed by atoms with Crippen LogP contribution >= 0.6 is 11.6 Å². The van der Waals surface area contributed by atoms with Crippen LogP contribution in [0.3, 0.4) is 0 Å². The molecule has 2 unspecified atom stereocenters. The molecule has 7 heteroatoms. The van der Waals surface area contributed by atoms with Crippen molar-refractivity contribution in [3.8, 4) is 0 Å². The maximum absolute atomic E-state index is 12.6. The van der Waals surface area contributed by atoms with Gasteiger partial charge in [0.25, 0.3) is 5.95 Å². The Balaban J connectivity index is 1.57. The molecular formula is C17H17ClN4O2. The molecule has 0 N–H and O–H groups in total. The van der Waals surface area contributed by atoms with Gasteiger partial charge in [0.1, 0.15) is 6.33 Å². The van der Waals surface area contributed by atoms with Gasteiger partial charge in [-0.3, -0.25) is 9.59 Å². The zero-order valence-corrected chi connectivity index (χ0v) is 13.8. The summed E-state index contributed by atoms with van der Waals surface area (Å²) < 4.78 is 1.60. The summed E-state index contributed by atoms with van der Waals surface area (Å²) in [4.78, 5) is 30.5. The van der Waals surface area contributed by atoms with Gasteiger partial charge in [0, 0.05) is 5.02 Å². The number of imide groups is 1. The van der Waals surface area contributed by atoms with Crippen LogP contribution in [-0.4, -0.2) is 26.6 Å². The average molecular weight is 345 g/mol. The molecule has 6 nitrogen and oxygen atoms in total. The molecule has 1 aromatic heterocycles. The molecule has 0 bridgehead atoms. The molecule has 124 valence electrons. The first kappa shape index (κ1) is 15.3. The lowest BCUT2D eigenvalue weighted by Gasteiger charge is -2.19. The van der Waals surface area contributed by atoms with Gasteiger partial charge >= 0.3 is 0 Å². The largest absolute Gasteiger partial charge is 0.274 e. The Labute approximate surface area is 144 Å². The van der Waals surface area contributed by atoms with Crippen LogP contribution < -0.4 is 4.90 Å². The van der Waals surface area contributed by atoms with E-state index in [1.165, 1.54) is 11.2 Å². The molecule has 2 atom stereocenters. The van der Waals surface area contributed by atoms with Gasteiger partial charge < -0.3 is 0 Å². The maximum atomic E-state index is 12.6. The Morgan fingerprint density at radius 1 is 1.08 bits per heavy atom. The number of fused-ring (bicyclic) bond motifs is 1. The fourth-order valence-corrected chi connectivity index (χ4v) is 3.82. The van der Waals surface area contributed by atoms with Gasteiger partial charge in [-0.2, -0.15) is 4.98 Å². The third-order valence-electron chi connectivity index (χ3n) is 4.86. The molecule has 1 aromatic carbocycles. The van der Waals surface area contributed by atoms with Crippen molar-refractivity contribution in [3.63, 3.8) is 0 Å². The number of rotatable bonds is 3. The predicted octanol–water partition coefficient (Wildman–Crippen LogP) is 2.66. The van der Waals surface area contributed by atoms with Crippen LogP contribution in [0.15, 0.2) is 30.6 Å². The normalized spacial score (nSPS) is 23.6. The fourth-order valence-electron chi connectivity index (χ4n) is 3.62. The van der Waals surface area contributed by atoms with E-state index >= 15 is 0 Å². The van der Waals surface area contributed by atoms with Gasteiger partial charge in [0.05, 0.1) is 18.4 Å². The maximum Gasteiger partial charge on any atom is 0.258 e. The van der Waals surface area contributed by atoms with Gasteiger partial charge in [0.15, 0.2) is 0 Å². The van der Waals surface area contributed by atoms with E-state index in [2.05, 4.69) is 10.1 Å². The Kier molecular flexibility index (Phi) is 3.84. The number of nitrogens with zero attached hydrogens (tertiary/aromatic N) is 4. The minimum atomic E-state index is -0.193. The molecule has 2 aromatic rings. The number of benzene rings is 1. The van der Waals surface area contributed by atoms with Crippen molar-refractivity contribution >= 4 is 29.4 Å². The van der Waals surface area contributed by atoms with Crippen LogP contribution in [0.4, 0.5) is 5.95 Å². The molecule has 1 saturated heterocycles. The second kappa shape index (κ2) is 6.02. The van der Waals surface area contributed by atoms with Crippen molar-refractivity contribution < 1.29 is 9.59 Å². The van der Waals surface area contributed by atoms with E-state index in [1.807, 2.05) is 24.3 Å². The number of aromatic nitrogens is 3. The average Bonchev–Trinajstić information content (AvgIpc) is 3.14. The van der Waals surface area contributed by atoms with E-state index in [0.717, 1.165) is 31.2 Å². The van der Waals surface area contributed by atoms with Gasteiger partial charge in [-0.1, -0.05) is 42.6 Å². The van der Waals surface area contributed by atoms with Gasteiger partial charge in [-0.15, -0.1) is 5.10 Å². The Morgan fingerprint density at radius 2 is 1.75 bits per heavy atom. The van der Waals surface area contributed by atoms with E-state index in [0.29, 0.717) is 11.6 Å². The first-order chi connectivity index (χ1) is 11.6. The standard InChI is InChI=1S/C17H17ClN4O2/c18-14-8-4-1-5-11(14)9-21-10-19-17(20-21)22-15(23)12-6-2-3-7-13(12)16(22)24/h1,4-5,8,10,12-13H,2-3,6-7,9H2. The fraction of sp³-hybridized carbons (Fsp3) is 0.412. The summed E-state index contributed by atoms with van der Waals surface area (Å²) in [6.07, 6.45) is 5.10. The van der Waals surface area contributed by atoms with E-state index in [4.69, 9.17) is 11.6 Å². The smallest absolute Gasteiger partial charge is 0.258 e. The number of anilines is 1. The third kappa shape index (κ3) is 2.51. The minimum Gasteiger partial charge on any atom is -0.274 e. The van der Waals surface area contributed by atoms with Crippen LogP contribution in [-0.2, 0) is 16.1 Å². The molecule has 24 heavy (non-hydrogen) atoms. The number of hydrogen-bond donors (Lipinski definition) is 0. The van der Waals surface area contributed by atoms with Gasteiger partial charge in [0.2, 0.25) is 11.8 Å². The Bertz CT molecular complexity index is 779. The molecule has 0 spiro atoms. The highest BCUT2D eigenvalue weighted by atomic mass is 35.5.